The van der Waals surface area contributed by atoms with Crippen molar-refractivity contribution in [3.8, 4) is 5.82 Å². The summed E-state index contributed by atoms with van der Waals surface area (Å²) in [6.07, 6.45) is 6.34. The maximum Gasteiger partial charge on any atom is 0.135 e. The van der Waals surface area contributed by atoms with Gasteiger partial charge in [0, 0.05) is 49.3 Å². The molecular weight excluding hydrogens is 996 g/mol. The topological polar surface area (TPSA) is 33.1 Å². The summed E-state index contributed by atoms with van der Waals surface area (Å²) in [5.41, 5.74) is 13.4. The third-order valence-electron chi connectivity index (χ3n) is 14.3. The second-order valence-corrected chi connectivity index (χ2v) is 22.0. The molecule has 4 nitrogen and oxygen atoms in total. The number of rotatable bonds is 10. The molecule has 5 heteroatoms. The van der Waals surface area contributed by atoms with Crippen LogP contribution in [0.25, 0.3) is 27.6 Å². The maximum atomic E-state index is 4.98. The van der Waals surface area contributed by atoms with Crippen LogP contribution in [0.4, 0.5) is 11.4 Å². The summed E-state index contributed by atoms with van der Waals surface area (Å²) >= 11 is 0. The quantitative estimate of drug-likeness (QED) is 0.139. The molecule has 9 rings (SSSR count). The Bertz CT molecular complexity index is 3020. The summed E-state index contributed by atoms with van der Waals surface area (Å²) in [6, 6.07) is 58.9. The number of benzene rings is 6. The second-order valence-electron chi connectivity index (χ2n) is 22.0. The molecule has 0 bridgehead atoms. The van der Waals surface area contributed by atoms with Gasteiger partial charge in [0.1, 0.15) is 5.82 Å². The van der Waals surface area contributed by atoms with Gasteiger partial charge in [0.25, 0.3) is 0 Å². The molecule has 1 atom stereocenters. The molecule has 2 aromatic heterocycles. The molecule has 346 valence electrons. The number of anilines is 2. The fourth-order valence-corrected chi connectivity index (χ4v) is 9.51. The fraction of sp³-hybridized carbons (Fsp3) is 0.290. The van der Waals surface area contributed by atoms with E-state index in [1.807, 2.05) is 6.20 Å². The molecule has 0 spiro atoms. The van der Waals surface area contributed by atoms with Gasteiger partial charge in [-0.2, -0.15) is 53.6 Å². The average Bonchev–Trinajstić information content (AvgIpc) is 3.91. The zero-order chi connectivity index (χ0) is 46.8. The molecule has 0 amide bonds. The van der Waals surface area contributed by atoms with Crippen LogP contribution in [0.3, 0.4) is 0 Å². The van der Waals surface area contributed by atoms with Crippen LogP contribution in [0.15, 0.2) is 158 Å². The van der Waals surface area contributed by atoms with Crippen LogP contribution in [0, 0.1) is 18.7 Å². The molecule has 0 saturated heterocycles. The van der Waals surface area contributed by atoms with Gasteiger partial charge in [-0.25, -0.2) is 11.5 Å². The van der Waals surface area contributed by atoms with Gasteiger partial charge in [-0.1, -0.05) is 180 Å². The Balaban J connectivity index is 0.00000608. The predicted octanol–water partition coefficient (Wildman–Crippen LogP) is 15.3. The van der Waals surface area contributed by atoms with Gasteiger partial charge < -0.3 is 14.8 Å². The fourth-order valence-electron chi connectivity index (χ4n) is 9.51. The van der Waals surface area contributed by atoms with Crippen LogP contribution in [-0.4, -0.2) is 15.6 Å². The first-order valence-corrected chi connectivity index (χ1v) is 23.6. The van der Waals surface area contributed by atoms with Crippen molar-refractivity contribution in [3.05, 3.63) is 221 Å². The SMILES string of the molecule is CC(C)(C)c1ccnc(-n2c3[c-]c(C(C)(C)c4[c-]c(N5C=CC(Nc6cc(C(C)(C)c7ccccc7)cc(C(C)(C)c7ccccc7)c6)[CH-]5)ccc4)ccc3c3cc(C(C)(C)C)ccc32)c1.[Pt]. The van der Waals surface area contributed by atoms with Crippen molar-refractivity contribution >= 4 is 33.2 Å². The van der Waals surface area contributed by atoms with Crippen LogP contribution in [-0.2, 0) is 48.1 Å². The molecule has 0 radical (unpaired) electrons. The van der Waals surface area contributed by atoms with E-state index in [2.05, 4.69) is 268 Å². The third kappa shape index (κ3) is 9.19. The van der Waals surface area contributed by atoms with Crippen molar-refractivity contribution in [2.24, 2.45) is 0 Å². The Morgan fingerprint density at radius 2 is 1.12 bits per heavy atom. The Morgan fingerprint density at radius 3 is 1.73 bits per heavy atom. The average molecular weight is 1060 g/mol. The van der Waals surface area contributed by atoms with Gasteiger partial charge in [-0.05, 0) is 91.5 Å². The molecule has 1 unspecified atom stereocenters. The number of aromatic nitrogens is 2. The Labute approximate surface area is 414 Å². The number of hydrogen-bond donors (Lipinski definition) is 1. The van der Waals surface area contributed by atoms with Gasteiger partial charge in [-0.15, -0.1) is 11.1 Å². The Kier molecular flexibility index (Phi) is 12.7. The third-order valence-corrected chi connectivity index (χ3v) is 14.3. The molecule has 1 N–H and O–H groups in total. The van der Waals surface area contributed by atoms with Crippen LogP contribution >= 0.6 is 0 Å². The molecule has 8 aromatic rings. The van der Waals surface area contributed by atoms with E-state index in [1.165, 1.54) is 44.2 Å². The monoisotopic (exact) mass is 1060 g/mol. The summed E-state index contributed by atoms with van der Waals surface area (Å²) < 4.78 is 2.31. The minimum atomic E-state index is -0.405. The van der Waals surface area contributed by atoms with Crippen LogP contribution in [0.5, 0.6) is 0 Å². The van der Waals surface area contributed by atoms with Crippen molar-refractivity contribution in [1.29, 1.82) is 0 Å². The molecular formula is C62H65N4Pt-3. The molecule has 1 aliphatic rings. The molecule has 1 aliphatic heterocycles. The Morgan fingerprint density at radius 1 is 0.522 bits per heavy atom. The minimum absolute atomic E-state index is 0. The van der Waals surface area contributed by atoms with Crippen molar-refractivity contribution in [1.82, 2.24) is 9.55 Å². The van der Waals surface area contributed by atoms with Crippen LogP contribution in [0.1, 0.15) is 128 Å². The number of nitrogens with zero attached hydrogens (tertiary/aromatic N) is 3. The maximum absolute atomic E-state index is 4.98. The summed E-state index contributed by atoms with van der Waals surface area (Å²) in [5.74, 6) is 0.910. The number of pyridine rings is 1. The van der Waals surface area contributed by atoms with E-state index in [0.29, 0.717) is 0 Å². The van der Waals surface area contributed by atoms with E-state index in [0.717, 1.165) is 39.4 Å². The zero-order valence-corrected chi connectivity index (χ0v) is 43.6. The van der Waals surface area contributed by atoms with E-state index >= 15 is 0 Å². The van der Waals surface area contributed by atoms with E-state index in [1.54, 1.807) is 0 Å². The standard InChI is InChI=1S/C62H65N4.Pt/c1-58(2,3)44-27-29-55-54(38-44)53-28-26-47(39-56(53)66(55)57-40-45(30-32-63-57)59(4,5)6)62(11,12)46-24-19-25-52(37-46)65-33-31-50(41-65)64-51-35-48(60(7,8)42-20-15-13-16-21-42)34-49(36-51)61(9,10)43-22-17-14-18-23-43;/h13-36,38,40-41,50,64H,1-12H3;/q-3;. The normalized spacial score (nSPS) is 14.7. The van der Waals surface area contributed by atoms with Crippen molar-refractivity contribution < 1.29 is 21.1 Å². The molecule has 0 saturated carbocycles. The summed E-state index contributed by atoms with van der Waals surface area (Å²) in [6.45, 7) is 29.7. The van der Waals surface area contributed by atoms with Gasteiger partial charge >= 0.3 is 0 Å². The zero-order valence-electron chi connectivity index (χ0n) is 41.3. The largest absolute Gasteiger partial charge is 0.519 e. The van der Waals surface area contributed by atoms with Crippen molar-refractivity contribution in [2.75, 3.05) is 10.2 Å². The van der Waals surface area contributed by atoms with Gasteiger partial charge in [-0.3, -0.25) is 0 Å². The van der Waals surface area contributed by atoms with E-state index in [-0.39, 0.29) is 48.8 Å². The van der Waals surface area contributed by atoms with Crippen molar-refractivity contribution in [3.63, 3.8) is 0 Å². The van der Waals surface area contributed by atoms with E-state index in [9.17, 15) is 0 Å². The first-order valence-electron chi connectivity index (χ1n) is 23.6. The summed E-state index contributed by atoms with van der Waals surface area (Å²) in [5, 5.41) is 6.30. The molecule has 67 heavy (non-hydrogen) atoms. The van der Waals surface area contributed by atoms with Crippen LogP contribution < -0.4 is 10.2 Å². The summed E-state index contributed by atoms with van der Waals surface area (Å²) in [4.78, 5) is 7.18. The smallest absolute Gasteiger partial charge is 0.135 e. The Hall–Kier alpha value is -5.70. The van der Waals surface area contributed by atoms with E-state index < -0.39 is 5.41 Å². The molecule has 0 fully saturated rings. The van der Waals surface area contributed by atoms with Gasteiger partial charge in [0.05, 0.1) is 0 Å². The number of hydrogen-bond acceptors (Lipinski definition) is 3. The van der Waals surface area contributed by atoms with Gasteiger partial charge in [0.15, 0.2) is 0 Å². The van der Waals surface area contributed by atoms with E-state index in [4.69, 9.17) is 4.98 Å². The van der Waals surface area contributed by atoms with Crippen LogP contribution in [0.2, 0.25) is 0 Å². The second kappa shape index (κ2) is 17.7. The molecule has 0 aliphatic carbocycles. The molecule has 6 aromatic carbocycles. The summed E-state index contributed by atoms with van der Waals surface area (Å²) in [7, 11) is 0. The predicted molar refractivity (Wildman–Crippen MR) is 279 cm³/mol. The van der Waals surface area contributed by atoms with Crippen molar-refractivity contribution in [2.45, 2.75) is 116 Å². The first-order chi connectivity index (χ1) is 31.2. The van der Waals surface area contributed by atoms with Gasteiger partial charge in [0.2, 0.25) is 0 Å². The minimum Gasteiger partial charge on any atom is -0.519 e. The first kappa shape index (κ1) is 47.8. The molecule has 3 heterocycles. The number of nitrogens with one attached hydrogen (secondary N) is 1. The number of fused-ring (bicyclic) bond motifs is 3.